The number of methoxy groups -OCH3 is 1. The van der Waals surface area contributed by atoms with Crippen LogP contribution in [-0.4, -0.2) is 73.5 Å². The first-order valence-electron chi connectivity index (χ1n) is 9.87. The number of nitrogens with one attached hydrogen (secondary N) is 1. The maximum absolute atomic E-state index is 12.2. The molecule has 1 heterocycles. The van der Waals surface area contributed by atoms with Crippen LogP contribution in [0, 0.1) is 0 Å². The summed E-state index contributed by atoms with van der Waals surface area (Å²) in [6, 6.07) is 13.1. The molecule has 2 N–H and O–H groups in total. The summed E-state index contributed by atoms with van der Waals surface area (Å²) in [5.74, 6) is 0.359. The van der Waals surface area contributed by atoms with Gasteiger partial charge in [-0.25, -0.2) is 0 Å². The summed E-state index contributed by atoms with van der Waals surface area (Å²) in [5.41, 5.74) is 1.78. The predicted molar refractivity (Wildman–Crippen MR) is 118 cm³/mol. The zero-order valence-electron chi connectivity index (χ0n) is 17.1. The minimum atomic E-state index is -0.0619. The van der Waals surface area contributed by atoms with Crippen LogP contribution in [0.25, 0.3) is 0 Å². The summed E-state index contributed by atoms with van der Waals surface area (Å²) >= 11 is 5.93. The molecule has 1 amide bonds. The van der Waals surface area contributed by atoms with E-state index in [1.54, 1.807) is 18.2 Å². The zero-order valence-corrected chi connectivity index (χ0v) is 17.8. The van der Waals surface area contributed by atoms with Gasteiger partial charge < -0.3 is 15.2 Å². The molecule has 30 heavy (non-hydrogen) atoms. The largest absolute Gasteiger partial charge is 0.504 e. The second-order valence-electron chi connectivity index (χ2n) is 7.15. The molecule has 2 aromatic rings. The van der Waals surface area contributed by atoms with Crippen molar-refractivity contribution in [1.82, 2.24) is 15.1 Å². The van der Waals surface area contributed by atoms with Crippen LogP contribution in [-0.2, 0) is 11.3 Å². The van der Waals surface area contributed by atoms with Gasteiger partial charge >= 0.3 is 0 Å². The molecule has 0 aromatic heterocycles. The topological polar surface area (TPSA) is 77.4 Å². The van der Waals surface area contributed by atoms with Gasteiger partial charge in [-0.2, -0.15) is 0 Å². The molecule has 8 heteroatoms. The lowest BCUT2D eigenvalue weighted by Crippen LogP contribution is -2.49. The second kappa shape index (κ2) is 11.0. The number of benzene rings is 2. The van der Waals surface area contributed by atoms with E-state index < -0.39 is 0 Å². The van der Waals surface area contributed by atoms with Crippen LogP contribution >= 0.6 is 11.6 Å². The zero-order chi connectivity index (χ0) is 21.3. The quantitative estimate of drug-likeness (QED) is 0.629. The molecule has 2 aromatic carbocycles. The van der Waals surface area contributed by atoms with E-state index in [2.05, 4.69) is 20.1 Å². The van der Waals surface area contributed by atoms with Crippen LogP contribution in [0.5, 0.6) is 11.5 Å². The number of ether oxygens (including phenoxy) is 1. The number of amides is 1. The molecule has 0 unspecified atom stereocenters. The number of carbonyl (C=O) groups is 1. The molecule has 1 aliphatic heterocycles. The average Bonchev–Trinajstić information content (AvgIpc) is 2.75. The van der Waals surface area contributed by atoms with E-state index in [1.165, 1.54) is 18.9 Å². The molecule has 1 aliphatic rings. The number of nitrogens with zero attached hydrogens (tertiary/aromatic N) is 3. The van der Waals surface area contributed by atoms with Gasteiger partial charge in [0, 0.05) is 49.5 Å². The van der Waals surface area contributed by atoms with Crippen molar-refractivity contribution in [2.45, 2.75) is 6.54 Å². The number of rotatable bonds is 8. The highest BCUT2D eigenvalue weighted by molar-refractivity contribution is 6.30. The molecule has 160 valence electrons. The molecule has 0 saturated carbocycles. The van der Waals surface area contributed by atoms with Crippen LogP contribution in [0.15, 0.2) is 47.5 Å². The Balaban J connectivity index is 1.36. The Hall–Kier alpha value is -2.61. The monoisotopic (exact) mass is 430 g/mol. The number of piperazine rings is 1. The number of aromatic hydroxyl groups is 1. The Morgan fingerprint density at radius 2 is 1.87 bits per heavy atom. The molecule has 7 nitrogen and oxygen atoms in total. The van der Waals surface area contributed by atoms with Crippen LogP contribution in [0.1, 0.15) is 11.1 Å². The molecular formula is C22H27ClN4O3. The summed E-state index contributed by atoms with van der Waals surface area (Å²) in [4.78, 5) is 20.9. The Bertz CT molecular complexity index is 865. The molecule has 0 radical (unpaired) electrons. The average molecular weight is 431 g/mol. The molecule has 1 saturated heterocycles. The van der Waals surface area contributed by atoms with Gasteiger partial charge in [0.15, 0.2) is 11.5 Å². The summed E-state index contributed by atoms with van der Waals surface area (Å²) in [6.07, 6.45) is 1.52. The van der Waals surface area contributed by atoms with E-state index in [4.69, 9.17) is 16.3 Å². The second-order valence-corrected chi connectivity index (χ2v) is 7.58. The van der Waals surface area contributed by atoms with E-state index in [-0.39, 0.29) is 18.3 Å². The van der Waals surface area contributed by atoms with Gasteiger partial charge in [0.25, 0.3) is 0 Å². The smallest absolute Gasteiger partial charge is 0.235 e. The first-order chi connectivity index (χ1) is 14.5. The van der Waals surface area contributed by atoms with Crippen LogP contribution in [0.3, 0.4) is 0 Å². The highest BCUT2D eigenvalue weighted by atomic mass is 35.5. The fourth-order valence-corrected chi connectivity index (χ4v) is 3.42. The highest BCUT2D eigenvalue weighted by Gasteiger charge is 2.18. The summed E-state index contributed by atoms with van der Waals surface area (Å²) in [6.45, 7) is 4.94. The van der Waals surface area contributed by atoms with E-state index in [0.717, 1.165) is 37.7 Å². The van der Waals surface area contributed by atoms with Gasteiger partial charge in [-0.3, -0.25) is 19.6 Å². The summed E-state index contributed by atoms with van der Waals surface area (Å²) in [7, 11) is 1.49. The molecule has 1 fully saturated rings. The van der Waals surface area contributed by atoms with Gasteiger partial charge in [0.05, 0.1) is 13.7 Å². The number of carbonyl (C=O) groups excluding carboxylic acids is 1. The van der Waals surface area contributed by atoms with Crippen molar-refractivity contribution in [2.75, 3.05) is 46.5 Å². The van der Waals surface area contributed by atoms with Crippen molar-refractivity contribution in [3.8, 4) is 11.5 Å². The van der Waals surface area contributed by atoms with Crippen LogP contribution in [0.4, 0.5) is 0 Å². The number of halogens is 1. The van der Waals surface area contributed by atoms with Crippen molar-refractivity contribution < 1.29 is 14.6 Å². The Labute approximate surface area is 181 Å². The molecule has 0 aliphatic carbocycles. The van der Waals surface area contributed by atoms with Crippen molar-refractivity contribution in [1.29, 1.82) is 0 Å². The van der Waals surface area contributed by atoms with Crippen molar-refractivity contribution in [3.05, 3.63) is 58.6 Å². The van der Waals surface area contributed by atoms with Gasteiger partial charge in [0.1, 0.15) is 6.67 Å². The number of phenolic OH excluding ortho intramolecular Hbond substituents is 1. The van der Waals surface area contributed by atoms with Crippen molar-refractivity contribution >= 4 is 23.7 Å². The number of phenols is 1. The minimum absolute atomic E-state index is 0.0338. The molecule has 0 bridgehead atoms. The van der Waals surface area contributed by atoms with E-state index >= 15 is 0 Å². The summed E-state index contributed by atoms with van der Waals surface area (Å²) in [5, 5.41) is 13.6. The Kier molecular flexibility index (Phi) is 8.07. The van der Waals surface area contributed by atoms with Crippen molar-refractivity contribution in [3.63, 3.8) is 0 Å². The molecule has 3 rings (SSSR count). The number of para-hydroxylation sites is 1. The fourth-order valence-electron chi connectivity index (χ4n) is 3.30. The Morgan fingerprint density at radius 1 is 1.17 bits per heavy atom. The molecule has 0 atom stereocenters. The third kappa shape index (κ3) is 6.45. The molecular weight excluding hydrogens is 404 g/mol. The maximum atomic E-state index is 12.2. The number of aliphatic imine (C=N–C) groups is 1. The maximum Gasteiger partial charge on any atom is 0.235 e. The normalized spacial score (nSPS) is 15.4. The van der Waals surface area contributed by atoms with Crippen molar-refractivity contribution in [2.24, 2.45) is 4.99 Å². The first-order valence-corrected chi connectivity index (χ1v) is 10.2. The molecule has 0 spiro atoms. The number of hydrogen-bond donors (Lipinski definition) is 2. The third-order valence-electron chi connectivity index (χ3n) is 5.00. The van der Waals surface area contributed by atoms with Gasteiger partial charge in [0.2, 0.25) is 5.91 Å². The Morgan fingerprint density at radius 3 is 2.57 bits per heavy atom. The van der Waals surface area contributed by atoms with Crippen LogP contribution in [0.2, 0.25) is 5.02 Å². The highest BCUT2D eigenvalue weighted by Crippen LogP contribution is 2.27. The van der Waals surface area contributed by atoms with E-state index in [0.29, 0.717) is 17.9 Å². The van der Waals surface area contributed by atoms with Gasteiger partial charge in [-0.1, -0.05) is 29.8 Å². The lowest BCUT2D eigenvalue weighted by atomic mass is 10.2. The van der Waals surface area contributed by atoms with E-state index in [9.17, 15) is 9.90 Å². The standard InChI is InChI=1S/C22H27ClN4O3/c1-30-20-4-2-3-18(22(20)29)13-24-16-25-21(28)15-27-11-9-26(10-12-27)14-17-5-7-19(23)8-6-17/h2-8,13,29H,9-12,14-16H2,1H3,(H,25,28)/b24-13+. The summed E-state index contributed by atoms with van der Waals surface area (Å²) < 4.78 is 5.06. The predicted octanol–water partition coefficient (Wildman–Crippen LogP) is 2.36. The lowest BCUT2D eigenvalue weighted by molar-refractivity contribution is -0.122. The number of hydrogen-bond acceptors (Lipinski definition) is 6. The minimum Gasteiger partial charge on any atom is -0.504 e. The van der Waals surface area contributed by atoms with Crippen LogP contribution < -0.4 is 10.1 Å². The lowest BCUT2D eigenvalue weighted by Gasteiger charge is -2.34. The van der Waals surface area contributed by atoms with Gasteiger partial charge in [-0.15, -0.1) is 0 Å². The first kappa shape index (κ1) is 22.1. The third-order valence-corrected chi connectivity index (χ3v) is 5.25. The SMILES string of the molecule is COc1cccc(/C=N/CNC(=O)CN2CCN(Cc3ccc(Cl)cc3)CC2)c1O. The van der Waals surface area contributed by atoms with E-state index in [1.807, 2.05) is 24.3 Å². The fraction of sp³-hybridized carbons (Fsp3) is 0.364. The van der Waals surface area contributed by atoms with Gasteiger partial charge in [-0.05, 0) is 29.8 Å².